The highest BCUT2D eigenvalue weighted by atomic mass is 16.6. The maximum absolute atomic E-state index is 11.0. The molecular formula is C15H9N5O2. The molecular weight excluding hydrogens is 282 g/mol. The summed E-state index contributed by atoms with van der Waals surface area (Å²) in [7, 11) is 0. The normalized spacial score (nSPS) is 9.18. The molecule has 1 N–H and O–H groups in total. The third-order valence-electron chi connectivity index (χ3n) is 2.81. The average molecular weight is 291 g/mol. The molecule has 0 aromatic heterocycles. The van der Waals surface area contributed by atoms with Gasteiger partial charge in [0.2, 0.25) is 5.71 Å². The molecule has 0 aliphatic heterocycles. The SMILES string of the molecule is N#CC(C#N)=NNc1ccc(-c2ccccc2[N+](=O)[O-])cc1. The van der Waals surface area contributed by atoms with Crippen LogP contribution < -0.4 is 5.43 Å². The fourth-order valence-electron chi connectivity index (χ4n) is 1.80. The van der Waals surface area contributed by atoms with Crippen molar-refractivity contribution in [3.63, 3.8) is 0 Å². The van der Waals surface area contributed by atoms with Gasteiger partial charge in [0.1, 0.15) is 12.1 Å². The lowest BCUT2D eigenvalue weighted by atomic mass is 10.0. The van der Waals surface area contributed by atoms with Crippen LogP contribution in [-0.2, 0) is 0 Å². The van der Waals surface area contributed by atoms with Crippen molar-refractivity contribution in [3.8, 4) is 23.3 Å². The van der Waals surface area contributed by atoms with Gasteiger partial charge in [-0.2, -0.15) is 15.6 Å². The zero-order valence-corrected chi connectivity index (χ0v) is 11.2. The van der Waals surface area contributed by atoms with Crippen LogP contribution in [0.25, 0.3) is 11.1 Å². The van der Waals surface area contributed by atoms with Gasteiger partial charge in [-0.3, -0.25) is 15.5 Å². The molecule has 0 radical (unpaired) electrons. The van der Waals surface area contributed by atoms with E-state index in [-0.39, 0.29) is 11.4 Å². The van der Waals surface area contributed by atoms with Crippen molar-refractivity contribution in [2.45, 2.75) is 0 Å². The molecule has 0 aliphatic rings. The van der Waals surface area contributed by atoms with E-state index in [9.17, 15) is 10.1 Å². The second kappa shape index (κ2) is 6.64. The summed E-state index contributed by atoms with van der Waals surface area (Å²) in [4.78, 5) is 10.6. The Kier molecular flexibility index (Phi) is 4.43. The Balaban J connectivity index is 2.27. The molecule has 0 saturated heterocycles. The molecule has 0 atom stereocenters. The first-order valence-corrected chi connectivity index (χ1v) is 6.13. The molecule has 22 heavy (non-hydrogen) atoms. The topological polar surface area (TPSA) is 115 Å². The Morgan fingerprint density at radius 2 is 1.73 bits per heavy atom. The van der Waals surface area contributed by atoms with Gasteiger partial charge in [0.25, 0.3) is 5.69 Å². The lowest BCUT2D eigenvalue weighted by Crippen LogP contribution is -1.96. The Morgan fingerprint density at radius 3 is 2.32 bits per heavy atom. The fourth-order valence-corrected chi connectivity index (χ4v) is 1.80. The van der Waals surface area contributed by atoms with E-state index in [2.05, 4.69) is 10.5 Å². The number of nitrogens with one attached hydrogen (secondary N) is 1. The van der Waals surface area contributed by atoms with Gasteiger partial charge in [0.05, 0.1) is 16.2 Å². The van der Waals surface area contributed by atoms with Crippen LogP contribution >= 0.6 is 0 Å². The van der Waals surface area contributed by atoms with Crippen LogP contribution in [0.4, 0.5) is 11.4 Å². The minimum absolute atomic E-state index is 0.0254. The van der Waals surface area contributed by atoms with Crippen molar-refractivity contribution in [2.24, 2.45) is 5.10 Å². The van der Waals surface area contributed by atoms with E-state index in [1.54, 1.807) is 54.6 Å². The summed E-state index contributed by atoms with van der Waals surface area (Å²) in [6.07, 6.45) is 0. The summed E-state index contributed by atoms with van der Waals surface area (Å²) < 4.78 is 0. The summed E-state index contributed by atoms with van der Waals surface area (Å²) >= 11 is 0. The minimum Gasteiger partial charge on any atom is -0.277 e. The molecule has 2 rings (SSSR count). The Hall–Kier alpha value is -3.71. The molecule has 0 amide bonds. The van der Waals surface area contributed by atoms with Crippen LogP contribution in [0.15, 0.2) is 53.6 Å². The molecule has 0 unspecified atom stereocenters. The van der Waals surface area contributed by atoms with Gasteiger partial charge in [-0.05, 0) is 23.8 Å². The maximum atomic E-state index is 11.0. The van der Waals surface area contributed by atoms with Crippen molar-refractivity contribution in [1.29, 1.82) is 10.5 Å². The molecule has 0 fully saturated rings. The van der Waals surface area contributed by atoms with E-state index in [0.29, 0.717) is 16.8 Å². The van der Waals surface area contributed by atoms with E-state index in [1.807, 2.05) is 0 Å². The average Bonchev–Trinajstić information content (AvgIpc) is 2.56. The molecule has 0 spiro atoms. The number of hydrogen-bond acceptors (Lipinski definition) is 6. The van der Waals surface area contributed by atoms with Gasteiger partial charge in [-0.1, -0.05) is 24.3 Å². The number of para-hydroxylation sites is 1. The van der Waals surface area contributed by atoms with Gasteiger partial charge < -0.3 is 0 Å². The highest BCUT2D eigenvalue weighted by molar-refractivity contribution is 6.10. The standard InChI is InChI=1S/C15H9N5O2/c16-9-13(10-17)19-18-12-7-5-11(6-8-12)14-3-1-2-4-15(14)20(21)22/h1-8,18H. The highest BCUT2D eigenvalue weighted by Gasteiger charge is 2.13. The van der Waals surface area contributed by atoms with Gasteiger partial charge in [0.15, 0.2) is 0 Å². The summed E-state index contributed by atoms with van der Waals surface area (Å²) in [5.74, 6) is 0. The molecule has 0 heterocycles. The predicted molar refractivity (Wildman–Crippen MR) is 80.8 cm³/mol. The minimum atomic E-state index is -0.433. The van der Waals surface area contributed by atoms with Crippen molar-refractivity contribution in [1.82, 2.24) is 0 Å². The lowest BCUT2D eigenvalue weighted by molar-refractivity contribution is -0.384. The molecule has 2 aromatic rings. The quantitative estimate of drug-likeness (QED) is 0.528. The first kappa shape index (κ1) is 14.7. The molecule has 0 saturated carbocycles. The van der Waals surface area contributed by atoms with Crippen LogP contribution in [0.1, 0.15) is 0 Å². The van der Waals surface area contributed by atoms with Gasteiger partial charge in [0, 0.05) is 6.07 Å². The first-order valence-electron chi connectivity index (χ1n) is 6.13. The van der Waals surface area contributed by atoms with Gasteiger partial charge in [-0.15, -0.1) is 0 Å². The van der Waals surface area contributed by atoms with Crippen molar-refractivity contribution >= 4 is 17.1 Å². The molecule has 0 bridgehead atoms. The van der Waals surface area contributed by atoms with Crippen LogP contribution in [0.3, 0.4) is 0 Å². The highest BCUT2D eigenvalue weighted by Crippen LogP contribution is 2.30. The number of hydrazone groups is 1. The lowest BCUT2D eigenvalue weighted by Gasteiger charge is -2.05. The summed E-state index contributed by atoms with van der Waals surface area (Å²) in [6.45, 7) is 0. The molecule has 2 aromatic carbocycles. The van der Waals surface area contributed by atoms with E-state index in [1.165, 1.54) is 6.07 Å². The second-order valence-electron chi connectivity index (χ2n) is 4.15. The number of nitrogens with zero attached hydrogens (tertiary/aromatic N) is 4. The van der Waals surface area contributed by atoms with E-state index in [0.717, 1.165) is 0 Å². The van der Waals surface area contributed by atoms with E-state index < -0.39 is 4.92 Å². The van der Waals surface area contributed by atoms with Gasteiger partial charge >= 0.3 is 0 Å². The molecule has 7 heteroatoms. The number of nitro benzene ring substituents is 1. The maximum Gasteiger partial charge on any atom is 0.277 e. The predicted octanol–water partition coefficient (Wildman–Crippen LogP) is 3.08. The smallest absolute Gasteiger partial charge is 0.277 e. The first-order chi connectivity index (χ1) is 10.7. The van der Waals surface area contributed by atoms with Crippen LogP contribution in [-0.4, -0.2) is 10.6 Å². The molecule has 0 aliphatic carbocycles. The second-order valence-corrected chi connectivity index (χ2v) is 4.15. The number of benzene rings is 2. The summed E-state index contributed by atoms with van der Waals surface area (Å²) in [5, 5.41) is 31.8. The van der Waals surface area contributed by atoms with Crippen molar-refractivity contribution < 1.29 is 4.92 Å². The largest absolute Gasteiger partial charge is 0.277 e. The van der Waals surface area contributed by atoms with Crippen LogP contribution in [0.5, 0.6) is 0 Å². The number of anilines is 1. The van der Waals surface area contributed by atoms with Crippen LogP contribution in [0.2, 0.25) is 0 Å². The summed E-state index contributed by atoms with van der Waals surface area (Å²) in [6, 6.07) is 16.4. The zero-order valence-electron chi connectivity index (χ0n) is 11.2. The zero-order chi connectivity index (χ0) is 15.9. The monoisotopic (exact) mass is 291 g/mol. The Bertz CT molecular complexity index is 797. The number of hydrogen-bond donors (Lipinski definition) is 1. The number of nitriles is 2. The molecule has 106 valence electrons. The third-order valence-corrected chi connectivity index (χ3v) is 2.81. The number of nitro groups is 1. The number of rotatable bonds is 4. The molecule has 7 nitrogen and oxygen atoms in total. The third kappa shape index (κ3) is 3.24. The Labute approximate surface area is 125 Å². The Morgan fingerprint density at radius 1 is 1.09 bits per heavy atom. The van der Waals surface area contributed by atoms with Gasteiger partial charge in [-0.25, -0.2) is 0 Å². The van der Waals surface area contributed by atoms with Crippen molar-refractivity contribution in [2.75, 3.05) is 5.43 Å². The van der Waals surface area contributed by atoms with E-state index >= 15 is 0 Å². The van der Waals surface area contributed by atoms with E-state index in [4.69, 9.17) is 10.5 Å². The van der Waals surface area contributed by atoms with Crippen LogP contribution in [0, 0.1) is 32.8 Å². The summed E-state index contributed by atoms with van der Waals surface area (Å²) in [5.41, 5.74) is 4.06. The van der Waals surface area contributed by atoms with Crippen molar-refractivity contribution in [3.05, 3.63) is 58.6 Å². The fraction of sp³-hybridized carbons (Fsp3) is 0.